The molecule has 3 heteroatoms. The summed E-state index contributed by atoms with van der Waals surface area (Å²) in [6, 6.07) is 21.2. The highest BCUT2D eigenvalue weighted by Gasteiger charge is 2.13. The van der Waals surface area contributed by atoms with Crippen molar-refractivity contribution in [2.24, 2.45) is 10.7 Å². The van der Waals surface area contributed by atoms with Crippen LogP contribution in [0.2, 0.25) is 0 Å². The van der Waals surface area contributed by atoms with Crippen LogP contribution < -0.4 is 5.73 Å². The number of amidine groups is 1. The van der Waals surface area contributed by atoms with Crippen molar-refractivity contribution in [2.45, 2.75) is 19.3 Å². The van der Waals surface area contributed by atoms with Crippen LogP contribution in [-0.2, 0) is 0 Å². The molecule has 0 atom stereocenters. The second-order valence-electron chi connectivity index (χ2n) is 4.82. The Kier molecular flexibility index (Phi) is 6.35. The Labute approximate surface area is 131 Å². The maximum absolute atomic E-state index is 5.86. The fraction of sp³-hybridized carbons (Fsp3) is 0.278. The third-order valence-electron chi connectivity index (χ3n) is 3.38. The lowest BCUT2D eigenvalue weighted by Crippen LogP contribution is -2.09. The van der Waals surface area contributed by atoms with Crippen molar-refractivity contribution in [3.63, 3.8) is 0 Å². The van der Waals surface area contributed by atoms with Gasteiger partial charge in [-0.3, -0.25) is 4.99 Å². The molecule has 0 aromatic heterocycles. The minimum atomic E-state index is 0.371. The van der Waals surface area contributed by atoms with E-state index in [0.29, 0.717) is 11.1 Å². The van der Waals surface area contributed by atoms with Crippen LogP contribution in [0.15, 0.2) is 65.7 Å². The highest BCUT2D eigenvalue weighted by atomic mass is 32.2. The molecule has 0 heterocycles. The summed E-state index contributed by atoms with van der Waals surface area (Å²) < 4.78 is 0. The Balaban J connectivity index is 2.12. The van der Waals surface area contributed by atoms with Gasteiger partial charge in [-0.05, 0) is 23.3 Å². The topological polar surface area (TPSA) is 38.4 Å². The number of nitrogens with two attached hydrogens (primary N) is 1. The van der Waals surface area contributed by atoms with Gasteiger partial charge in [-0.2, -0.15) is 0 Å². The van der Waals surface area contributed by atoms with Gasteiger partial charge in [-0.1, -0.05) is 79.3 Å². The number of aliphatic imine (C=N–C) groups is 1. The average molecular weight is 298 g/mol. The molecular formula is C18H22N2S. The molecule has 2 aromatic rings. The lowest BCUT2D eigenvalue weighted by atomic mass is 9.89. The first kappa shape index (κ1) is 15.6. The summed E-state index contributed by atoms with van der Waals surface area (Å²) in [5.41, 5.74) is 8.53. The lowest BCUT2D eigenvalue weighted by Gasteiger charge is -2.17. The van der Waals surface area contributed by atoms with Crippen LogP contribution >= 0.6 is 11.8 Å². The van der Waals surface area contributed by atoms with E-state index in [2.05, 4.69) is 72.6 Å². The van der Waals surface area contributed by atoms with Crippen molar-refractivity contribution in [1.29, 1.82) is 0 Å². The summed E-state index contributed by atoms with van der Waals surface area (Å²) in [6.45, 7) is 2.84. The largest absolute Gasteiger partial charge is 0.379 e. The molecule has 0 aliphatic heterocycles. The van der Waals surface area contributed by atoms with Gasteiger partial charge in [0.15, 0.2) is 5.17 Å². The number of hydrogen-bond acceptors (Lipinski definition) is 2. The molecule has 0 radical (unpaired) electrons. The number of rotatable bonds is 6. The van der Waals surface area contributed by atoms with Crippen molar-refractivity contribution in [1.82, 2.24) is 0 Å². The van der Waals surface area contributed by atoms with E-state index >= 15 is 0 Å². The molecule has 0 saturated carbocycles. The highest BCUT2D eigenvalue weighted by molar-refractivity contribution is 8.13. The number of nitrogens with zero attached hydrogens (tertiary/aromatic N) is 1. The van der Waals surface area contributed by atoms with Gasteiger partial charge in [0.2, 0.25) is 0 Å². The normalized spacial score (nSPS) is 11.8. The van der Waals surface area contributed by atoms with Crippen LogP contribution in [0.25, 0.3) is 0 Å². The van der Waals surface area contributed by atoms with E-state index in [1.807, 2.05) is 0 Å². The third kappa shape index (κ3) is 4.94. The Bertz CT molecular complexity index is 512. The maximum Gasteiger partial charge on any atom is 0.153 e. The van der Waals surface area contributed by atoms with Gasteiger partial charge in [0.25, 0.3) is 0 Å². The Morgan fingerprint density at radius 1 is 1.00 bits per heavy atom. The molecule has 2 rings (SSSR count). The quantitative estimate of drug-likeness (QED) is 0.638. The predicted molar refractivity (Wildman–Crippen MR) is 94.0 cm³/mol. The van der Waals surface area contributed by atoms with E-state index < -0.39 is 0 Å². The zero-order valence-electron chi connectivity index (χ0n) is 12.4. The van der Waals surface area contributed by atoms with E-state index in [1.54, 1.807) is 11.8 Å². The minimum Gasteiger partial charge on any atom is -0.379 e. The second-order valence-corrected chi connectivity index (χ2v) is 6.10. The molecule has 0 aliphatic rings. The number of benzene rings is 2. The van der Waals surface area contributed by atoms with Gasteiger partial charge < -0.3 is 5.73 Å². The molecule has 0 spiro atoms. The van der Waals surface area contributed by atoms with Crippen LogP contribution in [0.4, 0.5) is 0 Å². The number of thioether (sulfide) groups is 1. The molecule has 0 aliphatic carbocycles. The zero-order valence-corrected chi connectivity index (χ0v) is 13.2. The van der Waals surface area contributed by atoms with E-state index in [9.17, 15) is 0 Å². The molecule has 21 heavy (non-hydrogen) atoms. The lowest BCUT2D eigenvalue weighted by molar-refractivity contribution is 0.727. The second kappa shape index (κ2) is 8.53. The molecular weight excluding hydrogens is 276 g/mol. The molecule has 0 fully saturated rings. The molecule has 110 valence electrons. The summed E-state index contributed by atoms with van der Waals surface area (Å²) >= 11 is 1.60. The average Bonchev–Trinajstić information content (AvgIpc) is 2.53. The first-order valence-corrected chi connectivity index (χ1v) is 8.32. The van der Waals surface area contributed by atoms with Gasteiger partial charge in [-0.15, -0.1) is 0 Å². The van der Waals surface area contributed by atoms with Crippen molar-refractivity contribution in [3.05, 3.63) is 71.8 Å². The maximum atomic E-state index is 5.86. The summed E-state index contributed by atoms with van der Waals surface area (Å²) in [7, 11) is 0. The Morgan fingerprint density at radius 2 is 1.52 bits per heavy atom. The fourth-order valence-corrected chi connectivity index (χ4v) is 2.87. The van der Waals surface area contributed by atoms with E-state index in [1.165, 1.54) is 11.1 Å². The fourth-order valence-electron chi connectivity index (χ4n) is 2.39. The molecule has 0 amide bonds. The van der Waals surface area contributed by atoms with Gasteiger partial charge in [0, 0.05) is 12.5 Å². The molecule has 2 nitrogen and oxygen atoms in total. The monoisotopic (exact) mass is 298 g/mol. The molecule has 0 bridgehead atoms. The van der Waals surface area contributed by atoms with Gasteiger partial charge in [0.1, 0.15) is 0 Å². The third-order valence-corrected chi connectivity index (χ3v) is 4.10. The van der Waals surface area contributed by atoms with Crippen LogP contribution in [0.5, 0.6) is 0 Å². The Hall–Kier alpha value is -1.74. The van der Waals surface area contributed by atoms with Crippen molar-refractivity contribution in [3.8, 4) is 0 Å². The van der Waals surface area contributed by atoms with E-state index in [4.69, 9.17) is 5.73 Å². The zero-order chi connectivity index (χ0) is 14.9. The van der Waals surface area contributed by atoms with Crippen LogP contribution in [0.3, 0.4) is 0 Å². The van der Waals surface area contributed by atoms with Crippen LogP contribution in [-0.4, -0.2) is 17.5 Å². The van der Waals surface area contributed by atoms with Gasteiger partial charge in [0.05, 0.1) is 0 Å². The molecule has 0 saturated heterocycles. The molecule has 2 aromatic carbocycles. The highest BCUT2D eigenvalue weighted by Crippen LogP contribution is 2.27. The number of hydrogen-bond donors (Lipinski definition) is 1. The van der Waals surface area contributed by atoms with Crippen molar-refractivity contribution < 1.29 is 0 Å². The molecule has 2 N–H and O–H groups in total. The predicted octanol–water partition coefficient (Wildman–Crippen LogP) is 4.28. The van der Waals surface area contributed by atoms with E-state index in [0.717, 1.165) is 18.7 Å². The summed E-state index contributed by atoms with van der Waals surface area (Å²) in [5, 5.41) is 0.692. The van der Waals surface area contributed by atoms with Crippen LogP contribution in [0, 0.1) is 0 Å². The minimum absolute atomic E-state index is 0.371. The summed E-state index contributed by atoms with van der Waals surface area (Å²) in [5.74, 6) is 1.34. The smallest absolute Gasteiger partial charge is 0.153 e. The first-order chi connectivity index (χ1) is 10.3. The van der Waals surface area contributed by atoms with Crippen molar-refractivity contribution >= 4 is 16.9 Å². The summed E-state index contributed by atoms with van der Waals surface area (Å²) in [6.07, 6.45) is 0.971. The van der Waals surface area contributed by atoms with Gasteiger partial charge >= 0.3 is 0 Å². The SMILES string of the molecule is CCSC(N)=NCCC(c1ccccc1)c1ccccc1. The Morgan fingerprint density at radius 3 is 2.00 bits per heavy atom. The molecule has 0 unspecified atom stereocenters. The van der Waals surface area contributed by atoms with E-state index in [-0.39, 0.29) is 0 Å². The van der Waals surface area contributed by atoms with Crippen molar-refractivity contribution in [2.75, 3.05) is 12.3 Å². The summed E-state index contributed by atoms with van der Waals surface area (Å²) in [4.78, 5) is 4.46. The van der Waals surface area contributed by atoms with Crippen LogP contribution in [0.1, 0.15) is 30.4 Å². The standard InChI is InChI=1S/C18H22N2S/c1-2-21-18(19)20-14-13-17(15-9-5-3-6-10-15)16-11-7-4-8-12-16/h3-12,17H,2,13-14H2,1H3,(H2,19,20). The van der Waals surface area contributed by atoms with Gasteiger partial charge in [-0.25, -0.2) is 0 Å². The first-order valence-electron chi connectivity index (χ1n) is 7.34.